The second kappa shape index (κ2) is 6.71. The summed E-state index contributed by atoms with van der Waals surface area (Å²) in [6, 6.07) is 17.4. The van der Waals surface area contributed by atoms with Crippen molar-refractivity contribution < 1.29 is 0 Å². The smallest absolute Gasteiger partial charge is 0.0299 e. The number of benzene rings is 2. The van der Waals surface area contributed by atoms with Gasteiger partial charge in [0, 0.05) is 20.8 Å². The van der Waals surface area contributed by atoms with Crippen LogP contribution in [0.5, 0.6) is 0 Å². The van der Waals surface area contributed by atoms with E-state index in [1.165, 1.54) is 21.2 Å². The lowest BCUT2D eigenvalue weighted by Gasteiger charge is -2.16. The number of fused-ring (bicyclic) bond motifs is 1. The van der Waals surface area contributed by atoms with Gasteiger partial charge in [-0.2, -0.15) is 0 Å². The summed E-state index contributed by atoms with van der Waals surface area (Å²) in [7, 11) is 0. The minimum atomic E-state index is 0.237. The standard InChI is InChI=1S/C17H17BrN2S/c18-14-9-16(21-11-14)10-15(20-19)8-13-6-3-5-12-4-1-2-7-17(12)13/h1-7,9,11,15,20H,8,10,19H2. The van der Waals surface area contributed by atoms with Crippen LogP contribution in [0.15, 0.2) is 58.4 Å². The second-order valence-electron chi connectivity index (χ2n) is 5.14. The zero-order chi connectivity index (χ0) is 14.7. The highest BCUT2D eigenvalue weighted by atomic mass is 79.9. The van der Waals surface area contributed by atoms with Gasteiger partial charge < -0.3 is 0 Å². The van der Waals surface area contributed by atoms with Crippen molar-refractivity contribution in [1.82, 2.24) is 5.43 Å². The predicted octanol–water partition coefficient (Wildman–Crippen LogP) is 4.28. The Labute approximate surface area is 137 Å². The van der Waals surface area contributed by atoms with Crippen LogP contribution in [0.4, 0.5) is 0 Å². The summed E-state index contributed by atoms with van der Waals surface area (Å²) in [5.41, 5.74) is 4.30. The van der Waals surface area contributed by atoms with Gasteiger partial charge in [0.25, 0.3) is 0 Å². The second-order valence-corrected chi connectivity index (χ2v) is 7.05. The third-order valence-electron chi connectivity index (χ3n) is 3.65. The van der Waals surface area contributed by atoms with Crippen LogP contribution < -0.4 is 11.3 Å². The van der Waals surface area contributed by atoms with Crippen molar-refractivity contribution in [3.8, 4) is 0 Å². The molecule has 0 fully saturated rings. The molecule has 3 aromatic rings. The normalized spacial score (nSPS) is 12.7. The zero-order valence-corrected chi connectivity index (χ0v) is 14.0. The van der Waals surface area contributed by atoms with Crippen molar-refractivity contribution >= 4 is 38.0 Å². The van der Waals surface area contributed by atoms with Gasteiger partial charge in [0.15, 0.2) is 0 Å². The molecule has 21 heavy (non-hydrogen) atoms. The van der Waals surface area contributed by atoms with E-state index in [4.69, 9.17) is 5.84 Å². The lowest BCUT2D eigenvalue weighted by Crippen LogP contribution is -2.38. The van der Waals surface area contributed by atoms with E-state index in [9.17, 15) is 0 Å². The molecule has 0 radical (unpaired) electrons. The molecule has 0 aliphatic rings. The summed E-state index contributed by atoms with van der Waals surface area (Å²) in [5.74, 6) is 5.76. The third-order valence-corrected chi connectivity index (χ3v) is 5.37. The van der Waals surface area contributed by atoms with E-state index in [0.29, 0.717) is 0 Å². The first-order chi connectivity index (χ1) is 10.3. The number of nitrogens with two attached hydrogens (primary N) is 1. The number of hydrazine groups is 1. The Morgan fingerprint density at radius 2 is 1.90 bits per heavy atom. The van der Waals surface area contributed by atoms with Crippen LogP contribution in [0.25, 0.3) is 10.8 Å². The van der Waals surface area contributed by atoms with Gasteiger partial charge in [0.05, 0.1) is 0 Å². The molecular weight excluding hydrogens is 344 g/mol. The largest absolute Gasteiger partial charge is 0.271 e. The number of halogens is 1. The molecule has 1 heterocycles. The fourth-order valence-electron chi connectivity index (χ4n) is 2.63. The van der Waals surface area contributed by atoms with Gasteiger partial charge in [0.1, 0.15) is 0 Å². The minimum Gasteiger partial charge on any atom is -0.271 e. The van der Waals surface area contributed by atoms with Gasteiger partial charge in [-0.3, -0.25) is 11.3 Å². The maximum atomic E-state index is 5.76. The highest BCUT2D eigenvalue weighted by Gasteiger charge is 2.12. The lowest BCUT2D eigenvalue weighted by molar-refractivity contribution is 0.527. The molecule has 1 unspecified atom stereocenters. The third kappa shape index (κ3) is 3.52. The highest BCUT2D eigenvalue weighted by molar-refractivity contribution is 9.10. The molecule has 108 valence electrons. The van der Waals surface area contributed by atoms with Crippen molar-refractivity contribution in [2.45, 2.75) is 18.9 Å². The number of thiophene rings is 1. The molecule has 4 heteroatoms. The van der Waals surface area contributed by atoms with E-state index in [2.05, 4.69) is 75.3 Å². The van der Waals surface area contributed by atoms with E-state index in [1.54, 1.807) is 11.3 Å². The molecule has 0 aliphatic carbocycles. The summed E-state index contributed by atoms with van der Waals surface area (Å²) in [5, 5.41) is 4.71. The first kappa shape index (κ1) is 14.7. The first-order valence-electron chi connectivity index (χ1n) is 6.92. The maximum Gasteiger partial charge on any atom is 0.0299 e. The Morgan fingerprint density at radius 3 is 2.67 bits per heavy atom. The van der Waals surface area contributed by atoms with Crippen LogP contribution in [0.3, 0.4) is 0 Å². The van der Waals surface area contributed by atoms with Gasteiger partial charge in [-0.25, -0.2) is 0 Å². The Hall–Kier alpha value is -1.20. The number of hydrogen-bond acceptors (Lipinski definition) is 3. The molecule has 0 spiro atoms. The molecule has 1 atom stereocenters. The average Bonchev–Trinajstić information content (AvgIpc) is 2.92. The lowest BCUT2D eigenvalue weighted by atomic mass is 9.97. The van der Waals surface area contributed by atoms with Crippen LogP contribution in [0, 0.1) is 0 Å². The topological polar surface area (TPSA) is 38.0 Å². The summed E-state index contributed by atoms with van der Waals surface area (Å²) < 4.78 is 1.14. The van der Waals surface area contributed by atoms with Crippen LogP contribution in [0.2, 0.25) is 0 Å². The Bertz CT molecular complexity index is 733. The summed E-state index contributed by atoms with van der Waals surface area (Å²) >= 11 is 5.27. The molecule has 2 nitrogen and oxygen atoms in total. The Balaban J connectivity index is 1.82. The van der Waals surface area contributed by atoms with E-state index in [-0.39, 0.29) is 6.04 Å². The van der Waals surface area contributed by atoms with Crippen molar-refractivity contribution in [2.24, 2.45) is 5.84 Å². The van der Waals surface area contributed by atoms with E-state index < -0.39 is 0 Å². The molecular formula is C17H17BrN2S. The first-order valence-corrected chi connectivity index (χ1v) is 8.59. The molecule has 0 saturated heterocycles. The van der Waals surface area contributed by atoms with Gasteiger partial charge in [-0.1, -0.05) is 42.5 Å². The van der Waals surface area contributed by atoms with Gasteiger partial charge in [-0.15, -0.1) is 11.3 Å². The Kier molecular flexibility index (Phi) is 4.70. The molecule has 0 aliphatic heterocycles. The maximum absolute atomic E-state index is 5.76. The van der Waals surface area contributed by atoms with Crippen LogP contribution in [-0.4, -0.2) is 6.04 Å². The van der Waals surface area contributed by atoms with Crippen molar-refractivity contribution in [3.05, 3.63) is 68.8 Å². The van der Waals surface area contributed by atoms with Crippen LogP contribution in [-0.2, 0) is 12.8 Å². The zero-order valence-electron chi connectivity index (χ0n) is 11.6. The van der Waals surface area contributed by atoms with E-state index >= 15 is 0 Å². The fourth-order valence-corrected chi connectivity index (χ4v) is 4.16. The Morgan fingerprint density at radius 1 is 1.10 bits per heavy atom. The number of nitrogens with one attached hydrogen (secondary N) is 1. The van der Waals surface area contributed by atoms with E-state index in [0.717, 1.165) is 17.3 Å². The molecule has 2 aromatic carbocycles. The fraction of sp³-hybridized carbons (Fsp3) is 0.176. The minimum absolute atomic E-state index is 0.237. The molecule has 1 aromatic heterocycles. The number of hydrogen-bond donors (Lipinski definition) is 2. The molecule has 3 N–H and O–H groups in total. The molecule has 0 bridgehead atoms. The number of rotatable bonds is 5. The highest BCUT2D eigenvalue weighted by Crippen LogP contribution is 2.23. The summed E-state index contributed by atoms with van der Waals surface area (Å²) in [4.78, 5) is 1.34. The quantitative estimate of drug-likeness (QED) is 0.526. The molecule has 0 amide bonds. The van der Waals surface area contributed by atoms with Crippen molar-refractivity contribution in [1.29, 1.82) is 0 Å². The van der Waals surface area contributed by atoms with Gasteiger partial charge in [0.2, 0.25) is 0 Å². The van der Waals surface area contributed by atoms with Crippen molar-refractivity contribution in [2.75, 3.05) is 0 Å². The van der Waals surface area contributed by atoms with Crippen LogP contribution >= 0.6 is 27.3 Å². The summed E-state index contributed by atoms with van der Waals surface area (Å²) in [6.07, 6.45) is 1.86. The average molecular weight is 361 g/mol. The van der Waals surface area contributed by atoms with Crippen molar-refractivity contribution in [3.63, 3.8) is 0 Å². The van der Waals surface area contributed by atoms with Gasteiger partial charge in [-0.05, 0) is 51.2 Å². The van der Waals surface area contributed by atoms with Crippen LogP contribution in [0.1, 0.15) is 10.4 Å². The van der Waals surface area contributed by atoms with E-state index in [1.807, 2.05) is 0 Å². The monoisotopic (exact) mass is 360 g/mol. The SMILES string of the molecule is NNC(Cc1cc(Br)cs1)Cc1cccc2ccccc12. The summed E-state index contributed by atoms with van der Waals surface area (Å²) in [6.45, 7) is 0. The molecule has 3 rings (SSSR count). The van der Waals surface area contributed by atoms with Gasteiger partial charge >= 0.3 is 0 Å². The molecule has 0 saturated carbocycles. The predicted molar refractivity (Wildman–Crippen MR) is 94.5 cm³/mol.